The number of thiazole rings is 1. The highest BCUT2D eigenvalue weighted by atomic mass is 32.1. The van der Waals surface area contributed by atoms with Crippen molar-refractivity contribution in [3.63, 3.8) is 0 Å². The summed E-state index contributed by atoms with van der Waals surface area (Å²) in [5.41, 5.74) is 1.42. The first-order chi connectivity index (χ1) is 15.7. The number of alkyl halides is 3. The molecule has 33 heavy (non-hydrogen) atoms. The normalized spacial score (nSPS) is 11.2. The Hall–Kier alpha value is -3.78. The van der Waals surface area contributed by atoms with Crippen LogP contribution in [0.5, 0.6) is 0 Å². The van der Waals surface area contributed by atoms with Gasteiger partial charge < -0.3 is 15.2 Å². The SMILES string of the molecule is COCCN(C(=O)O)c1ccc(Nc2nccc(-c3cnc(NC(=O)C(F)(F)F)s3)n2)cc1. The monoisotopic (exact) mass is 482 g/mol. The number of hydrogen-bond acceptors (Lipinski definition) is 8. The number of methoxy groups -OCH3 is 1. The number of carbonyl (C=O) groups excluding carboxylic acids is 1. The van der Waals surface area contributed by atoms with Gasteiger partial charge in [-0.05, 0) is 30.3 Å². The summed E-state index contributed by atoms with van der Waals surface area (Å²) < 4.78 is 42.1. The molecule has 0 aliphatic carbocycles. The number of rotatable bonds is 8. The van der Waals surface area contributed by atoms with Gasteiger partial charge in [0.1, 0.15) is 0 Å². The molecule has 174 valence electrons. The van der Waals surface area contributed by atoms with E-state index in [4.69, 9.17) is 4.74 Å². The molecule has 0 fully saturated rings. The largest absolute Gasteiger partial charge is 0.471 e. The Morgan fingerprint density at radius 1 is 1.18 bits per heavy atom. The van der Waals surface area contributed by atoms with Crippen LogP contribution in [0, 0.1) is 0 Å². The fraction of sp³-hybridized carbons (Fsp3) is 0.211. The molecule has 1 aromatic carbocycles. The van der Waals surface area contributed by atoms with Gasteiger partial charge in [-0.25, -0.2) is 19.7 Å². The molecule has 0 unspecified atom stereocenters. The van der Waals surface area contributed by atoms with Crippen LogP contribution >= 0.6 is 11.3 Å². The molecule has 2 amide bonds. The van der Waals surface area contributed by atoms with Crippen molar-refractivity contribution in [3.8, 4) is 10.6 Å². The molecule has 2 aromatic heterocycles. The number of carbonyl (C=O) groups is 2. The Kier molecular flexibility index (Phi) is 7.40. The summed E-state index contributed by atoms with van der Waals surface area (Å²) in [4.78, 5) is 36.2. The minimum Gasteiger partial charge on any atom is -0.465 e. The number of nitrogens with one attached hydrogen (secondary N) is 2. The highest BCUT2D eigenvalue weighted by Gasteiger charge is 2.39. The van der Waals surface area contributed by atoms with Crippen LogP contribution in [0.1, 0.15) is 0 Å². The quantitative estimate of drug-likeness (QED) is 0.440. The lowest BCUT2D eigenvalue weighted by Crippen LogP contribution is -2.32. The van der Waals surface area contributed by atoms with Crippen LogP contribution in [-0.4, -0.2) is 58.5 Å². The van der Waals surface area contributed by atoms with E-state index in [1.54, 1.807) is 29.6 Å². The van der Waals surface area contributed by atoms with Crippen LogP contribution in [0.2, 0.25) is 0 Å². The lowest BCUT2D eigenvalue weighted by atomic mass is 10.2. The number of aromatic nitrogens is 3. The maximum Gasteiger partial charge on any atom is 0.471 e. The Morgan fingerprint density at radius 2 is 1.91 bits per heavy atom. The maximum atomic E-state index is 12.4. The number of hydrogen-bond donors (Lipinski definition) is 3. The summed E-state index contributed by atoms with van der Waals surface area (Å²) >= 11 is 0.827. The molecule has 0 aliphatic heterocycles. The van der Waals surface area contributed by atoms with Gasteiger partial charge >= 0.3 is 18.2 Å². The predicted molar refractivity (Wildman–Crippen MR) is 115 cm³/mol. The van der Waals surface area contributed by atoms with Gasteiger partial charge in [0.2, 0.25) is 5.95 Å². The molecule has 3 rings (SSSR count). The van der Waals surface area contributed by atoms with Crippen molar-refractivity contribution < 1.29 is 32.6 Å². The summed E-state index contributed by atoms with van der Waals surface area (Å²) in [6, 6.07) is 8.04. The van der Waals surface area contributed by atoms with E-state index in [1.165, 1.54) is 25.6 Å². The van der Waals surface area contributed by atoms with Crippen LogP contribution in [0.3, 0.4) is 0 Å². The second kappa shape index (κ2) is 10.2. The Morgan fingerprint density at radius 3 is 2.55 bits per heavy atom. The van der Waals surface area contributed by atoms with Crippen molar-refractivity contribution >= 4 is 45.8 Å². The summed E-state index contributed by atoms with van der Waals surface area (Å²) in [7, 11) is 1.48. The third-order valence-corrected chi connectivity index (χ3v) is 5.01. The summed E-state index contributed by atoms with van der Waals surface area (Å²) in [5.74, 6) is -1.91. The van der Waals surface area contributed by atoms with Crippen molar-refractivity contribution in [3.05, 3.63) is 42.7 Å². The standard InChI is InChI=1S/C19H17F3N6O4S/c1-32-9-8-28(18(30)31)12-4-2-11(3-5-12)25-16-23-7-6-13(26-16)14-10-24-17(33-14)27-15(29)19(20,21)22/h2-7,10H,8-9H2,1H3,(H,30,31)(H,23,25,26)(H,24,27,29). The second-order valence-corrected chi connectivity index (χ2v) is 7.38. The van der Waals surface area contributed by atoms with Gasteiger partial charge in [0.15, 0.2) is 5.13 Å². The summed E-state index contributed by atoms with van der Waals surface area (Å²) in [6.07, 6.45) is -3.39. The Bertz CT molecular complexity index is 1120. The number of carboxylic acid groups (broad SMARTS) is 1. The number of benzene rings is 1. The van der Waals surface area contributed by atoms with Gasteiger partial charge in [0.05, 0.1) is 23.7 Å². The van der Waals surface area contributed by atoms with Gasteiger partial charge in [-0.1, -0.05) is 11.3 Å². The third-order valence-electron chi connectivity index (χ3n) is 4.08. The van der Waals surface area contributed by atoms with E-state index in [9.17, 15) is 27.9 Å². The minimum absolute atomic E-state index is 0.171. The minimum atomic E-state index is -5.02. The number of anilines is 4. The van der Waals surface area contributed by atoms with Crippen molar-refractivity contribution in [2.24, 2.45) is 0 Å². The third kappa shape index (κ3) is 6.36. The van der Waals surface area contributed by atoms with Gasteiger partial charge in [-0.2, -0.15) is 13.2 Å². The zero-order valence-electron chi connectivity index (χ0n) is 17.0. The molecule has 0 radical (unpaired) electrons. The lowest BCUT2D eigenvalue weighted by Gasteiger charge is -2.19. The molecule has 0 spiro atoms. The second-order valence-electron chi connectivity index (χ2n) is 6.35. The first-order valence-corrected chi connectivity index (χ1v) is 10.0. The number of ether oxygens (including phenoxy) is 1. The van der Waals surface area contributed by atoms with Crippen LogP contribution in [-0.2, 0) is 9.53 Å². The highest BCUT2D eigenvalue weighted by molar-refractivity contribution is 7.19. The fourth-order valence-electron chi connectivity index (χ4n) is 2.55. The lowest BCUT2D eigenvalue weighted by molar-refractivity contribution is -0.167. The molecule has 14 heteroatoms. The van der Waals surface area contributed by atoms with Crippen LogP contribution in [0.4, 0.5) is 40.4 Å². The molecule has 3 N–H and O–H groups in total. The predicted octanol–water partition coefficient (Wildman–Crippen LogP) is 3.98. The number of nitrogens with zero attached hydrogens (tertiary/aromatic N) is 4. The summed E-state index contributed by atoms with van der Waals surface area (Å²) in [5, 5.41) is 13.8. The van der Waals surface area contributed by atoms with Crippen LogP contribution in [0.25, 0.3) is 10.6 Å². The maximum absolute atomic E-state index is 12.4. The van der Waals surface area contributed by atoms with Crippen LogP contribution < -0.4 is 15.5 Å². The molecule has 0 atom stereocenters. The molecule has 10 nitrogen and oxygen atoms in total. The average Bonchev–Trinajstić information content (AvgIpc) is 3.23. The molecule has 0 bridgehead atoms. The molecule has 3 aromatic rings. The van der Waals surface area contributed by atoms with Crippen molar-refractivity contribution in [2.45, 2.75) is 6.18 Å². The van der Waals surface area contributed by atoms with Crippen molar-refractivity contribution in [1.29, 1.82) is 0 Å². The molecule has 0 saturated heterocycles. The Labute approximate surface area is 189 Å². The smallest absolute Gasteiger partial charge is 0.465 e. The van der Waals surface area contributed by atoms with E-state index in [-0.39, 0.29) is 24.2 Å². The molecule has 0 aliphatic rings. The van der Waals surface area contributed by atoms with E-state index < -0.39 is 18.2 Å². The zero-order chi connectivity index (χ0) is 24.0. The zero-order valence-corrected chi connectivity index (χ0v) is 17.8. The topological polar surface area (TPSA) is 130 Å². The highest BCUT2D eigenvalue weighted by Crippen LogP contribution is 2.29. The first kappa shape index (κ1) is 23.9. The van der Waals surface area contributed by atoms with Gasteiger partial charge in [0.25, 0.3) is 0 Å². The fourth-order valence-corrected chi connectivity index (χ4v) is 3.33. The molecule has 2 heterocycles. The van der Waals surface area contributed by atoms with E-state index in [0.717, 1.165) is 16.2 Å². The number of halogens is 3. The van der Waals surface area contributed by atoms with E-state index in [2.05, 4.69) is 20.3 Å². The van der Waals surface area contributed by atoms with Crippen LogP contribution in [0.15, 0.2) is 42.7 Å². The molecular weight excluding hydrogens is 465 g/mol. The van der Waals surface area contributed by atoms with E-state index in [1.807, 2.05) is 0 Å². The number of amides is 2. The van der Waals surface area contributed by atoms with E-state index >= 15 is 0 Å². The van der Waals surface area contributed by atoms with Gasteiger partial charge in [-0.3, -0.25) is 15.0 Å². The first-order valence-electron chi connectivity index (χ1n) is 9.21. The molecule has 0 saturated carbocycles. The van der Waals surface area contributed by atoms with Gasteiger partial charge in [0, 0.05) is 30.9 Å². The average molecular weight is 482 g/mol. The Balaban J connectivity index is 1.71. The van der Waals surface area contributed by atoms with Crippen molar-refractivity contribution in [1.82, 2.24) is 15.0 Å². The van der Waals surface area contributed by atoms with Gasteiger partial charge in [-0.15, -0.1) is 0 Å². The van der Waals surface area contributed by atoms with E-state index in [0.29, 0.717) is 21.9 Å². The molecular formula is C19H17F3N6O4S. The van der Waals surface area contributed by atoms with Crippen molar-refractivity contribution in [2.75, 3.05) is 35.8 Å². The summed E-state index contributed by atoms with van der Waals surface area (Å²) in [6.45, 7) is 0.413.